The Balaban J connectivity index is 2.48. The van der Waals surface area contributed by atoms with Gasteiger partial charge in [-0.25, -0.2) is 9.18 Å². The fourth-order valence-corrected chi connectivity index (χ4v) is 2.50. The van der Waals surface area contributed by atoms with E-state index in [0.29, 0.717) is 19.4 Å². The zero-order valence-electron chi connectivity index (χ0n) is 10.6. The second-order valence-electron chi connectivity index (χ2n) is 4.39. The average molecular weight is 303 g/mol. The van der Waals surface area contributed by atoms with Crippen LogP contribution in [0.5, 0.6) is 0 Å². The number of carbonyl (C=O) groups excluding carboxylic acids is 1. The van der Waals surface area contributed by atoms with Gasteiger partial charge in [0.15, 0.2) is 0 Å². The van der Waals surface area contributed by atoms with E-state index in [1.54, 1.807) is 0 Å². The Morgan fingerprint density at radius 3 is 2.90 bits per heavy atom. The second kappa shape index (κ2) is 5.62. The molecule has 0 bridgehead atoms. The maximum atomic E-state index is 13.6. The van der Waals surface area contributed by atoms with Crippen molar-refractivity contribution < 1.29 is 18.8 Å². The van der Waals surface area contributed by atoms with Crippen molar-refractivity contribution in [2.24, 2.45) is 0 Å². The molecule has 0 aromatic heterocycles. The van der Waals surface area contributed by atoms with Crippen LogP contribution in [0.4, 0.5) is 15.8 Å². The molecule has 6 nitrogen and oxygen atoms in total. The Morgan fingerprint density at radius 2 is 2.30 bits per heavy atom. The first-order valence-electron chi connectivity index (χ1n) is 5.93. The van der Waals surface area contributed by atoms with Crippen LogP contribution in [0.1, 0.15) is 12.8 Å². The summed E-state index contributed by atoms with van der Waals surface area (Å²) >= 11 is 5.57. The lowest BCUT2D eigenvalue weighted by atomic mass is 10.2. The number of halogens is 2. The third kappa shape index (κ3) is 2.53. The maximum absolute atomic E-state index is 13.6. The number of methoxy groups -OCH3 is 1. The van der Waals surface area contributed by atoms with E-state index >= 15 is 0 Å². The normalized spacial score (nSPS) is 18.1. The summed E-state index contributed by atoms with van der Waals surface area (Å²) in [5.41, 5.74) is -0.281. The molecule has 1 unspecified atom stereocenters. The number of hydrogen-bond acceptors (Lipinski definition) is 5. The van der Waals surface area contributed by atoms with E-state index in [2.05, 4.69) is 4.74 Å². The van der Waals surface area contributed by atoms with E-state index < -0.39 is 22.8 Å². The fraction of sp³-hybridized carbons (Fsp3) is 0.417. The van der Waals surface area contributed by atoms with Gasteiger partial charge in [0.25, 0.3) is 5.69 Å². The molecule has 0 N–H and O–H groups in total. The van der Waals surface area contributed by atoms with Crippen LogP contribution in [0.3, 0.4) is 0 Å². The van der Waals surface area contributed by atoms with Crippen molar-refractivity contribution in [2.75, 3.05) is 18.6 Å². The van der Waals surface area contributed by atoms with E-state index in [4.69, 9.17) is 11.6 Å². The number of nitro groups is 1. The third-order valence-corrected chi connectivity index (χ3v) is 3.54. The van der Waals surface area contributed by atoms with Gasteiger partial charge in [-0.2, -0.15) is 0 Å². The Hall–Kier alpha value is -1.89. The number of anilines is 1. The Labute approximate surface area is 119 Å². The number of nitrogens with zero attached hydrogens (tertiary/aromatic N) is 2. The molecular formula is C12H12ClFN2O4. The molecule has 1 atom stereocenters. The molecule has 1 aromatic carbocycles. The van der Waals surface area contributed by atoms with Crippen molar-refractivity contribution in [1.82, 2.24) is 0 Å². The Bertz CT molecular complexity index is 567. The molecule has 1 aliphatic rings. The van der Waals surface area contributed by atoms with Crippen molar-refractivity contribution >= 4 is 28.9 Å². The quantitative estimate of drug-likeness (QED) is 0.487. The van der Waals surface area contributed by atoms with E-state index in [1.165, 1.54) is 12.0 Å². The number of carbonyl (C=O) groups is 1. The molecule has 0 radical (unpaired) electrons. The average Bonchev–Trinajstić information content (AvgIpc) is 2.89. The highest BCUT2D eigenvalue weighted by Crippen LogP contribution is 2.37. The van der Waals surface area contributed by atoms with Crippen molar-refractivity contribution in [3.63, 3.8) is 0 Å². The molecule has 0 spiro atoms. The summed E-state index contributed by atoms with van der Waals surface area (Å²) in [4.78, 5) is 23.6. The van der Waals surface area contributed by atoms with Gasteiger partial charge in [-0.3, -0.25) is 10.1 Å². The van der Waals surface area contributed by atoms with Crippen molar-refractivity contribution in [3.8, 4) is 0 Å². The zero-order chi connectivity index (χ0) is 14.9. The van der Waals surface area contributed by atoms with Gasteiger partial charge in [0.2, 0.25) is 0 Å². The molecule has 108 valence electrons. The van der Waals surface area contributed by atoms with Crippen LogP contribution >= 0.6 is 11.6 Å². The first kappa shape index (κ1) is 14.5. The maximum Gasteiger partial charge on any atom is 0.328 e. The highest BCUT2D eigenvalue weighted by atomic mass is 35.5. The third-order valence-electron chi connectivity index (χ3n) is 3.25. The van der Waals surface area contributed by atoms with Crippen molar-refractivity contribution in [1.29, 1.82) is 0 Å². The molecule has 1 aromatic rings. The summed E-state index contributed by atoms with van der Waals surface area (Å²) in [5.74, 6) is -1.25. The number of esters is 1. The summed E-state index contributed by atoms with van der Waals surface area (Å²) in [5, 5.41) is 10.7. The van der Waals surface area contributed by atoms with E-state index in [9.17, 15) is 19.3 Å². The topological polar surface area (TPSA) is 72.7 Å². The number of hydrogen-bond donors (Lipinski definition) is 0. The summed E-state index contributed by atoms with van der Waals surface area (Å²) < 4.78 is 18.3. The lowest BCUT2D eigenvalue weighted by molar-refractivity contribution is -0.384. The van der Waals surface area contributed by atoms with E-state index in [1.807, 2.05) is 0 Å². The van der Waals surface area contributed by atoms with Gasteiger partial charge in [0.1, 0.15) is 17.5 Å². The smallest absolute Gasteiger partial charge is 0.328 e. The summed E-state index contributed by atoms with van der Waals surface area (Å²) in [6.45, 7) is 0.418. The fourth-order valence-electron chi connectivity index (χ4n) is 2.34. The first-order valence-corrected chi connectivity index (χ1v) is 6.31. The van der Waals surface area contributed by atoms with Gasteiger partial charge in [-0.1, -0.05) is 11.6 Å². The van der Waals surface area contributed by atoms with Gasteiger partial charge in [-0.05, 0) is 12.8 Å². The molecule has 2 rings (SSSR count). The van der Waals surface area contributed by atoms with E-state index in [-0.39, 0.29) is 16.4 Å². The lowest BCUT2D eigenvalue weighted by Gasteiger charge is -2.24. The van der Waals surface area contributed by atoms with Crippen LogP contribution in [0, 0.1) is 15.9 Å². The first-order chi connectivity index (χ1) is 9.45. The summed E-state index contributed by atoms with van der Waals surface area (Å²) in [7, 11) is 1.25. The molecule has 0 aliphatic carbocycles. The van der Waals surface area contributed by atoms with Crippen LogP contribution in [0.25, 0.3) is 0 Å². The molecular weight excluding hydrogens is 291 g/mol. The molecule has 1 saturated heterocycles. The van der Waals surface area contributed by atoms with Crippen molar-refractivity contribution in [2.45, 2.75) is 18.9 Å². The summed E-state index contributed by atoms with van der Waals surface area (Å²) in [6.07, 6.45) is 1.18. The number of rotatable bonds is 3. The molecule has 1 fully saturated rings. The predicted molar refractivity (Wildman–Crippen MR) is 70.4 cm³/mol. The second-order valence-corrected chi connectivity index (χ2v) is 4.79. The largest absolute Gasteiger partial charge is 0.467 e. The molecule has 20 heavy (non-hydrogen) atoms. The van der Waals surface area contributed by atoms with Crippen LogP contribution in [0.2, 0.25) is 5.02 Å². The number of nitro benzene ring substituents is 1. The van der Waals surface area contributed by atoms with Crippen LogP contribution in [-0.4, -0.2) is 30.6 Å². The molecule has 1 aliphatic heterocycles. The van der Waals surface area contributed by atoms with Gasteiger partial charge < -0.3 is 9.64 Å². The number of benzene rings is 1. The Kier molecular flexibility index (Phi) is 4.08. The van der Waals surface area contributed by atoms with Gasteiger partial charge in [0.05, 0.1) is 17.1 Å². The van der Waals surface area contributed by atoms with Gasteiger partial charge in [-0.15, -0.1) is 0 Å². The molecule has 8 heteroatoms. The van der Waals surface area contributed by atoms with E-state index in [0.717, 1.165) is 12.1 Å². The lowest BCUT2D eigenvalue weighted by Crippen LogP contribution is -2.37. The van der Waals surface area contributed by atoms with Crippen LogP contribution < -0.4 is 4.90 Å². The minimum Gasteiger partial charge on any atom is -0.467 e. The SMILES string of the molecule is COC(=O)C1CCCN1c1cc(F)c(Cl)cc1[N+](=O)[O-]. The van der Waals surface area contributed by atoms with Crippen LogP contribution in [-0.2, 0) is 9.53 Å². The highest BCUT2D eigenvalue weighted by Gasteiger charge is 2.35. The Morgan fingerprint density at radius 1 is 1.60 bits per heavy atom. The minimum absolute atomic E-state index is 0.0461. The van der Waals surface area contributed by atoms with Gasteiger partial charge >= 0.3 is 5.97 Å². The molecule has 1 heterocycles. The standard InChI is InChI=1S/C12H12ClFN2O4/c1-20-12(17)9-3-2-4-15(9)10-6-8(14)7(13)5-11(10)16(18)19/h5-6,9H,2-4H2,1H3. The predicted octanol–water partition coefficient (Wildman–Crippen LogP) is 2.53. The molecule has 0 amide bonds. The monoisotopic (exact) mass is 302 g/mol. The number of ether oxygens (including phenoxy) is 1. The highest BCUT2D eigenvalue weighted by molar-refractivity contribution is 6.31. The van der Waals surface area contributed by atoms with Gasteiger partial charge in [0, 0.05) is 18.7 Å². The van der Waals surface area contributed by atoms with Crippen molar-refractivity contribution in [3.05, 3.63) is 33.1 Å². The zero-order valence-corrected chi connectivity index (χ0v) is 11.4. The molecule has 0 saturated carbocycles. The van der Waals surface area contributed by atoms with Crippen LogP contribution in [0.15, 0.2) is 12.1 Å². The summed E-state index contributed by atoms with van der Waals surface area (Å²) in [6, 6.07) is 1.31. The minimum atomic E-state index is -0.761.